The molecular formula is C19H14BrClN2O3S. The van der Waals surface area contributed by atoms with Crippen molar-refractivity contribution in [3.05, 3.63) is 68.0 Å². The minimum Gasteiger partial charge on any atom is -0.465 e. The number of nitrogens with zero attached hydrogens (tertiary/aromatic N) is 2. The van der Waals surface area contributed by atoms with Gasteiger partial charge >= 0.3 is 5.97 Å². The van der Waals surface area contributed by atoms with Crippen LogP contribution in [0, 0.1) is 0 Å². The number of amidine groups is 1. The second-order valence-electron chi connectivity index (χ2n) is 5.58. The molecule has 0 aromatic heterocycles. The highest BCUT2D eigenvalue weighted by Gasteiger charge is 2.30. The Morgan fingerprint density at radius 1 is 1.26 bits per heavy atom. The number of benzene rings is 2. The Kier molecular flexibility index (Phi) is 6.04. The minimum absolute atomic E-state index is 0.140. The number of rotatable bonds is 3. The first-order chi connectivity index (χ1) is 12.9. The standard InChI is InChI=1S/C19H14BrClN2O3S/c1-23-17(24)16(9-11-3-5-12(6-4-11)18(25)26-2)27-19(23)22-13-7-8-14(20)15(21)10-13/h3-10H,1-2H3/b16-9-,22-19?. The zero-order valence-electron chi connectivity index (χ0n) is 14.4. The molecule has 2 aromatic rings. The number of carbonyl (C=O) groups is 2. The highest BCUT2D eigenvalue weighted by molar-refractivity contribution is 9.10. The van der Waals surface area contributed by atoms with Crippen molar-refractivity contribution in [1.29, 1.82) is 0 Å². The predicted molar refractivity (Wildman–Crippen MR) is 112 cm³/mol. The molecule has 0 bridgehead atoms. The number of hydrogen-bond acceptors (Lipinski definition) is 5. The van der Waals surface area contributed by atoms with Crippen LogP contribution in [-0.4, -0.2) is 36.1 Å². The maximum atomic E-state index is 12.5. The molecule has 3 rings (SSSR count). The van der Waals surface area contributed by atoms with Gasteiger partial charge in [-0.3, -0.25) is 9.69 Å². The van der Waals surface area contributed by atoms with Crippen molar-refractivity contribution in [3.63, 3.8) is 0 Å². The first-order valence-electron chi connectivity index (χ1n) is 7.79. The summed E-state index contributed by atoms with van der Waals surface area (Å²) in [6.07, 6.45) is 1.77. The average molecular weight is 466 g/mol. The topological polar surface area (TPSA) is 59.0 Å². The van der Waals surface area contributed by atoms with E-state index in [9.17, 15) is 9.59 Å². The second kappa shape index (κ2) is 8.29. The molecule has 0 unspecified atom stereocenters. The third-order valence-electron chi connectivity index (χ3n) is 3.76. The quantitative estimate of drug-likeness (QED) is 0.466. The van der Waals surface area contributed by atoms with E-state index in [1.54, 1.807) is 43.5 Å². The van der Waals surface area contributed by atoms with Crippen molar-refractivity contribution in [2.45, 2.75) is 0 Å². The Hall–Kier alpha value is -2.09. The molecule has 0 N–H and O–H groups in total. The number of hydrogen-bond donors (Lipinski definition) is 0. The fourth-order valence-corrected chi connectivity index (χ4v) is 3.71. The second-order valence-corrected chi connectivity index (χ2v) is 7.85. The Labute approximate surface area is 174 Å². The Balaban J connectivity index is 1.84. The van der Waals surface area contributed by atoms with Crippen molar-refractivity contribution in [2.24, 2.45) is 4.99 Å². The molecule has 1 saturated heterocycles. The molecule has 0 atom stereocenters. The van der Waals surface area contributed by atoms with Crippen LogP contribution in [0.25, 0.3) is 6.08 Å². The van der Waals surface area contributed by atoms with Gasteiger partial charge in [-0.05, 0) is 69.7 Å². The van der Waals surface area contributed by atoms with E-state index in [2.05, 4.69) is 25.7 Å². The maximum Gasteiger partial charge on any atom is 0.337 e. The summed E-state index contributed by atoms with van der Waals surface area (Å²) in [4.78, 5) is 30.5. The van der Waals surface area contributed by atoms with Crippen LogP contribution in [0.2, 0.25) is 5.02 Å². The first kappa shape index (κ1) is 19.7. The zero-order chi connectivity index (χ0) is 19.6. The van der Waals surface area contributed by atoms with Crippen molar-refractivity contribution >= 4 is 68.1 Å². The van der Waals surface area contributed by atoms with Gasteiger partial charge in [-0.25, -0.2) is 9.79 Å². The number of aliphatic imine (C=N–C) groups is 1. The lowest BCUT2D eigenvalue weighted by Crippen LogP contribution is -2.23. The molecule has 0 spiro atoms. The molecule has 1 heterocycles. The lowest BCUT2D eigenvalue weighted by atomic mass is 10.1. The van der Waals surface area contributed by atoms with Crippen molar-refractivity contribution < 1.29 is 14.3 Å². The number of thioether (sulfide) groups is 1. The summed E-state index contributed by atoms with van der Waals surface area (Å²) < 4.78 is 5.46. The molecule has 1 aliphatic heterocycles. The Bertz CT molecular complexity index is 973. The lowest BCUT2D eigenvalue weighted by Gasteiger charge is -2.07. The fourth-order valence-electron chi connectivity index (χ4n) is 2.30. The van der Waals surface area contributed by atoms with Crippen molar-refractivity contribution in [2.75, 3.05) is 14.2 Å². The third kappa shape index (κ3) is 4.43. The van der Waals surface area contributed by atoms with Crippen LogP contribution in [-0.2, 0) is 9.53 Å². The molecular weight excluding hydrogens is 452 g/mol. The first-order valence-corrected chi connectivity index (χ1v) is 9.77. The van der Waals surface area contributed by atoms with E-state index in [0.717, 1.165) is 10.0 Å². The van der Waals surface area contributed by atoms with E-state index < -0.39 is 5.97 Å². The normalized spacial score (nSPS) is 17.0. The molecule has 8 heteroatoms. The van der Waals surface area contributed by atoms with Gasteiger partial charge in [0, 0.05) is 11.5 Å². The summed E-state index contributed by atoms with van der Waals surface area (Å²) in [7, 11) is 3.01. The maximum absolute atomic E-state index is 12.5. The fraction of sp³-hybridized carbons (Fsp3) is 0.105. The molecule has 0 aliphatic carbocycles. The van der Waals surface area contributed by atoms with Crippen LogP contribution in [0.15, 0.2) is 56.8 Å². The molecule has 2 aromatic carbocycles. The number of ether oxygens (including phenoxy) is 1. The van der Waals surface area contributed by atoms with Crippen LogP contribution in [0.1, 0.15) is 15.9 Å². The van der Waals surface area contributed by atoms with Gasteiger partial charge in [-0.1, -0.05) is 23.7 Å². The summed E-state index contributed by atoms with van der Waals surface area (Å²) in [5.74, 6) is -0.540. The van der Waals surface area contributed by atoms with E-state index in [1.807, 2.05) is 12.1 Å². The number of carbonyl (C=O) groups excluding carboxylic acids is 2. The van der Waals surface area contributed by atoms with Crippen LogP contribution < -0.4 is 0 Å². The van der Waals surface area contributed by atoms with Gasteiger partial charge in [0.25, 0.3) is 5.91 Å². The number of methoxy groups -OCH3 is 1. The van der Waals surface area contributed by atoms with E-state index in [0.29, 0.717) is 26.3 Å². The molecule has 138 valence electrons. The van der Waals surface area contributed by atoms with E-state index in [4.69, 9.17) is 11.6 Å². The third-order valence-corrected chi connectivity index (χ3v) is 6.05. The van der Waals surface area contributed by atoms with E-state index in [1.165, 1.54) is 23.8 Å². The van der Waals surface area contributed by atoms with Crippen molar-refractivity contribution in [3.8, 4) is 0 Å². The summed E-state index contributed by atoms with van der Waals surface area (Å²) >= 11 is 10.7. The highest BCUT2D eigenvalue weighted by atomic mass is 79.9. The molecule has 27 heavy (non-hydrogen) atoms. The largest absolute Gasteiger partial charge is 0.465 e. The van der Waals surface area contributed by atoms with Gasteiger partial charge in [-0.15, -0.1) is 0 Å². The molecule has 0 radical (unpaired) electrons. The molecule has 1 amide bonds. The molecule has 1 fully saturated rings. The predicted octanol–water partition coefficient (Wildman–Crippen LogP) is 5.12. The van der Waals surface area contributed by atoms with Gasteiger partial charge in [0.1, 0.15) is 0 Å². The van der Waals surface area contributed by atoms with E-state index in [-0.39, 0.29) is 5.91 Å². The highest BCUT2D eigenvalue weighted by Crippen LogP contribution is 2.34. The summed E-state index contributed by atoms with van der Waals surface area (Å²) in [5, 5.41) is 1.12. The monoisotopic (exact) mass is 464 g/mol. The Morgan fingerprint density at radius 2 is 1.96 bits per heavy atom. The zero-order valence-corrected chi connectivity index (χ0v) is 17.6. The number of esters is 1. The van der Waals surface area contributed by atoms with Gasteiger partial charge in [-0.2, -0.15) is 0 Å². The van der Waals surface area contributed by atoms with Crippen LogP contribution in [0.5, 0.6) is 0 Å². The van der Waals surface area contributed by atoms with Crippen LogP contribution in [0.4, 0.5) is 5.69 Å². The minimum atomic E-state index is -0.400. The SMILES string of the molecule is COC(=O)c1ccc(/C=C2\SC(=Nc3ccc(Br)c(Cl)c3)N(C)C2=O)cc1. The summed E-state index contributed by atoms with van der Waals surface area (Å²) in [6, 6.07) is 12.2. The van der Waals surface area contributed by atoms with Gasteiger partial charge in [0.15, 0.2) is 5.17 Å². The smallest absolute Gasteiger partial charge is 0.337 e. The average Bonchev–Trinajstić information content (AvgIpc) is 2.92. The summed E-state index contributed by atoms with van der Waals surface area (Å²) in [5.41, 5.74) is 1.92. The number of likely N-dealkylation sites (N-methyl/N-ethyl adjacent to an activating group) is 1. The van der Waals surface area contributed by atoms with Crippen LogP contribution in [0.3, 0.4) is 0 Å². The lowest BCUT2D eigenvalue weighted by molar-refractivity contribution is -0.121. The Morgan fingerprint density at radius 3 is 2.59 bits per heavy atom. The summed E-state index contributed by atoms with van der Waals surface area (Å²) in [6.45, 7) is 0. The van der Waals surface area contributed by atoms with Gasteiger partial charge in [0.05, 0.1) is 28.3 Å². The van der Waals surface area contributed by atoms with Gasteiger partial charge in [0.2, 0.25) is 0 Å². The molecule has 5 nitrogen and oxygen atoms in total. The molecule has 1 aliphatic rings. The van der Waals surface area contributed by atoms with Gasteiger partial charge < -0.3 is 4.74 Å². The number of amides is 1. The van der Waals surface area contributed by atoms with E-state index >= 15 is 0 Å². The van der Waals surface area contributed by atoms with Crippen LogP contribution >= 0.6 is 39.3 Å². The molecule has 0 saturated carbocycles. The van der Waals surface area contributed by atoms with Crippen molar-refractivity contribution in [1.82, 2.24) is 4.90 Å². The number of halogens is 2.